The predicted octanol–water partition coefficient (Wildman–Crippen LogP) is 4.47. The molecule has 20 heavy (non-hydrogen) atoms. The monoisotopic (exact) mass is 432 g/mol. The molecule has 0 atom stereocenters. The summed E-state index contributed by atoms with van der Waals surface area (Å²) in [5.41, 5.74) is 7.94. The highest BCUT2D eigenvalue weighted by atomic mass is 79.9. The molecule has 1 heterocycles. The molecule has 3 N–H and O–H groups in total. The zero-order chi connectivity index (χ0) is 14.9. The van der Waals surface area contributed by atoms with Crippen LogP contribution >= 0.6 is 55.4 Å². The van der Waals surface area contributed by atoms with Gasteiger partial charge in [-0.3, -0.25) is 4.79 Å². The lowest BCUT2D eigenvalue weighted by Gasteiger charge is -2.10. The molecule has 3 nitrogen and oxygen atoms in total. The average Bonchev–Trinajstić information content (AvgIpc) is 2.69. The van der Waals surface area contributed by atoms with E-state index in [1.807, 2.05) is 19.1 Å². The van der Waals surface area contributed by atoms with Crippen molar-refractivity contribution in [1.82, 2.24) is 0 Å². The number of thiocarbonyl (C=S) groups is 1. The van der Waals surface area contributed by atoms with E-state index >= 15 is 0 Å². The highest BCUT2D eigenvalue weighted by molar-refractivity contribution is 9.11. The first-order valence-corrected chi connectivity index (χ1v) is 8.36. The van der Waals surface area contributed by atoms with Gasteiger partial charge in [-0.05, 0) is 52.7 Å². The van der Waals surface area contributed by atoms with Gasteiger partial charge in [0.25, 0.3) is 5.91 Å². The number of thiophene rings is 1. The molecular weight excluding hydrogens is 424 g/mol. The molecule has 0 spiro atoms. The van der Waals surface area contributed by atoms with Crippen LogP contribution in [0.2, 0.25) is 0 Å². The first kappa shape index (κ1) is 15.6. The second-order valence-electron chi connectivity index (χ2n) is 4.08. The number of nitrogens with two attached hydrogens (primary N) is 1. The standard InChI is InChI=1S/C13H10Br2N2OS2/c1-6-4-10(20-11(6)15)13(18)17-9-5-7(14)2-3-8(9)12(16)19/h2-5H,1H3,(H2,16,19)(H,17,18). The Morgan fingerprint density at radius 3 is 2.60 bits per heavy atom. The first-order valence-electron chi connectivity index (χ1n) is 5.55. The summed E-state index contributed by atoms with van der Waals surface area (Å²) in [6, 6.07) is 7.22. The van der Waals surface area contributed by atoms with E-state index in [9.17, 15) is 4.79 Å². The Morgan fingerprint density at radius 1 is 1.35 bits per heavy atom. The van der Waals surface area contributed by atoms with E-state index in [2.05, 4.69) is 37.2 Å². The van der Waals surface area contributed by atoms with Crippen molar-refractivity contribution in [2.24, 2.45) is 5.73 Å². The lowest BCUT2D eigenvalue weighted by atomic mass is 10.1. The third-order valence-electron chi connectivity index (χ3n) is 2.58. The summed E-state index contributed by atoms with van der Waals surface area (Å²) in [7, 11) is 0. The van der Waals surface area contributed by atoms with E-state index in [0.717, 1.165) is 13.8 Å². The van der Waals surface area contributed by atoms with Crippen molar-refractivity contribution in [2.75, 3.05) is 5.32 Å². The number of carbonyl (C=O) groups is 1. The van der Waals surface area contributed by atoms with Crippen LogP contribution in [-0.2, 0) is 0 Å². The Morgan fingerprint density at radius 2 is 2.05 bits per heavy atom. The summed E-state index contributed by atoms with van der Waals surface area (Å²) < 4.78 is 1.79. The fourth-order valence-corrected chi connectivity index (χ4v) is 3.56. The molecule has 2 rings (SSSR count). The van der Waals surface area contributed by atoms with Crippen molar-refractivity contribution in [1.29, 1.82) is 0 Å². The van der Waals surface area contributed by atoms with Gasteiger partial charge in [0.1, 0.15) is 4.99 Å². The van der Waals surface area contributed by atoms with Gasteiger partial charge in [-0.1, -0.05) is 28.1 Å². The van der Waals surface area contributed by atoms with Gasteiger partial charge >= 0.3 is 0 Å². The second-order valence-corrected chi connectivity index (χ2v) is 7.80. The van der Waals surface area contributed by atoms with E-state index in [1.54, 1.807) is 12.1 Å². The topological polar surface area (TPSA) is 55.1 Å². The molecule has 1 aromatic carbocycles. The largest absolute Gasteiger partial charge is 0.389 e. The predicted molar refractivity (Wildman–Crippen MR) is 94.7 cm³/mol. The van der Waals surface area contributed by atoms with E-state index in [1.165, 1.54) is 11.3 Å². The number of rotatable bonds is 3. The van der Waals surface area contributed by atoms with Gasteiger partial charge in [-0.2, -0.15) is 0 Å². The molecule has 0 saturated carbocycles. The third kappa shape index (κ3) is 3.46. The van der Waals surface area contributed by atoms with Crippen LogP contribution in [0.3, 0.4) is 0 Å². The molecule has 0 radical (unpaired) electrons. The summed E-state index contributed by atoms with van der Waals surface area (Å²) in [5.74, 6) is -0.181. The number of hydrogen-bond acceptors (Lipinski definition) is 3. The van der Waals surface area contributed by atoms with Crippen LogP contribution in [0.25, 0.3) is 0 Å². The highest BCUT2D eigenvalue weighted by Gasteiger charge is 2.14. The molecule has 0 unspecified atom stereocenters. The summed E-state index contributed by atoms with van der Waals surface area (Å²) in [6.45, 7) is 1.94. The fraction of sp³-hybridized carbons (Fsp3) is 0.0769. The quantitative estimate of drug-likeness (QED) is 0.702. The highest BCUT2D eigenvalue weighted by Crippen LogP contribution is 2.29. The molecule has 0 aliphatic carbocycles. The van der Waals surface area contributed by atoms with Crippen molar-refractivity contribution in [2.45, 2.75) is 6.92 Å². The van der Waals surface area contributed by atoms with Gasteiger partial charge in [0.15, 0.2) is 0 Å². The third-order valence-corrected chi connectivity index (χ3v) is 5.42. The van der Waals surface area contributed by atoms with Crippen molar-refractivity contribution >= 4 is 72.0 Å². The average molecular weight is 434 g/mol. The number of anilines is 1. The van der Waals surface area contributed by atoms with Crippen molar-refractivity contribution in [3.63, 3.8) is 0 Å². The van der Waals surface area contributed by atoms with Crippen LogP contribution in [-0.4, -0.2) is 10.9 Å². The number of nitrogens with one attached hydrogen (secondary N) is 1. The Kier molecular flexibility index (Phi) is 4.95. The number of hydrogen-bond donors (Lipinski definition) is 2. The Labute approximate surface area is 142 Å². The van der Waals surface area contributed by atoms with Gasteiger partial charge in [0.2, 0.25) is 0 Å². The van der Waals surface area contributed by atoms with Gasteiger partial charge in [-0.25, -0.2) is 0 Å². The minimum atomic E-state index is -0.181. The van der Waals surface area contributed by atoms with Gasteiger partial charge < -0.3 is 11.1 Å². The fourth-order valence-electron chi connectivity index (χ4n) is 1.59. The molecule has 104 valence electrons. The molecule has 1 aromatic heterocycles. The molecule has 0 saturated heterocycles. The van der Waals surface area contributed by atoms with Crippen molar-refractivity contribution in [3.8, 4) is 0 Å². The van der Waals surface area contributed by atoms with Gasteiger partial charge in [0, 0.05) is 10.0 Å². The van der Waals surface area contributed by atoms with Crippen LogP contribution in [0.4, 0.5) is 5.69 Å². The zero-order valence-corrected chi connectivity index (χ0v) is 15.2. The molecule has 0 aliphatic heterocycles. The normalized spacial score (nSPS) is 10.3. The lowest BCUT2D eigenvalue weighted by Crippen LogP contribution is -2.17. The second kappa shape index (κ2) is 6.34. The summed E-state index contributed by atoms with van der Waals surface area (Å²) >= 11 is 13.2. The molecule has 2 aromatic rings. The maximum absolute atomic E-state index is 12.2. The SMILES string of the molecule is Cc1cc(C(=O)Nc2cc(Br)ccc2C(N)=S)sc1Br. The molecule has 0 bridgehead atoms. The molecule has 1 amide bonds. The number of benzene rings is 1. The lowest BCUT2D eigenvalue weighted by molar-refractivity contribution is 0.103. The van der Waals surface area contributed by atoms with Gasteiger partial charge in [0.05, 0.1) is 14.4 Å². The summed E-state index contributed by atoms with van der Waals surface area (Å²) in [5, 5.41) is 2.84. The van der Waals surface area contributed by atoms with Crippen LogP contribution < -0.4 is 11.1 Å². The summed E-state index contributed by atoms with van der Waals surface area (Å²) in [4.78, 5) is 13.1. The smallest absolute Gasteiger partial charge is 0.265 e. The maximum Gasteiger partial charge on any atom is 0.265 e. The number of halogens is 2. The van der Waals surface area contributed by atoms with E-state index in [-0.39, 0.29) is 10.9 Å². The molecule has 0 aliphatic rings. The Balaban J connectivity index is 2.32. The van der Waals surface area contributed by atoms with Crippen LogP contribution in [0.1, 0.15) is 20.8 Å². The van der Waals surface area contributed by atoms with Crippen LogP contribution in [0.5, 0.6) is 0 Å². The van der Waals surface area contributed by atoms with Crippen LogP contribution in [0.15, 0.2) is 32.5 Å². The van der Waals surface area contributed by atoms with E-state index < -0.39 is 0 Å². The van der Waals surface area contributed by atoms with E-state index in [0.29, 0.717) is 16.1 Å². The van der Waals surface area contributed by atoms with Crippen LogP contribution in [0, 0.1) is 6.92 Å². The van der Waals surface area contributed by atoms with Crippen molar-refractivity contribution < 1.29 is 4.79 Å². The Hall–Kier alpha value is -0.760. The minimum Gasteiger partial charge on any atom is -0.389 e. The maximum atomic E-state index is 12.2. The number of aryl methyl sites for hydroxylation is 1. The van der Waals surface area contributed by atoms with Gasteiger partial charge in [-0.15, -0.1) is 11.3 Å². The number of amides is 1. The Bertz CT molecular complexity index is 678. The minimum absolute atomic E-state index is 0.181. The zero-order valence-electron chi connectivity index (χ0n) is 10.4. The molecule has 7 heteroatoms. The molecular formula is C13H10Br2N2OS2. The molecule has 0 fully saturated rings. The van der Waals surface area contributed by atoms with Crippen molar-refractivity contribution in [3.05, 3.63) is 48.5 Å². The summed E-state index contributed by atoms with van der Waals surface area (Å²) in [6.07, 6.45) is 0. The number of carbonyl (C=O) groups excluding carboxylic acids is 1. The first-order chi connectivity index (χ1) is 9.38. The van der Waals surface area contributed by atoms with E-state index in [4.69, 9.17) is 18.0 Å².